The highest BCUT2D eigenvalue weighted by Gasteiger charge is 2.68. The lowest BCUT2D eigenvalue weighted by Gasteiger charge is -2.45. The Morgan fingerprint density at radius 1 is 1.41 bits per heavy atom. The van der Waals surface area contributed by atoms with Gasteiger partial charge in [-0.3, -0.25) is 0 Å². The fraction of sp³-hybridized carbons (Fsp3) is 0.923. The number of rotatable bonds is 3. The molecule has 2 rings (SSSR count). The Hall–Kier alpha value is -0.610. The fourth-order valence-electron chi connectivity index (χ4n) is 4.13. The Bertz CT molecular complexity index is 351. The summed E-state index contributed by atoms with van der Waals surface area (Å²) in [6.07, 6.45) is 1.09. The van der Waals surface area contributed by atoms with Gasteiger partial charge < -0.3 is 15.3 Å². The van der Waals surface area contributed by atoms with E-state index in [1.54, 1.807) is 0 Å². The lowest BCUT2D eigenvalue weighted by Crippen LogP contribution is -2.50. The minimum absolute atomic E-state index is 0.0139. The molecule has 0 heterocycles. The molecule has 4 heteroatoms. The van der Waals surface area contributed by atoms with E-state index in [2.05, 4.69) is 13.8 Å². The van der Waals surface area contributed by atoms with Crippen LogP contribution in [0.15, 0.2) is 0 Å². The number of carbonyl (C=O) groups is 1. The predicted molar refractivity (Wildman–Crippen MR) is 62.4 cm³/mol. The van der Waals surface area contributed by atoms with Gasteiger partial charge in [-0.25, -0.2) is 4.79 Å². The first kappa shape index (κ1) is 12.8. The maximum Gasteiger partial charge on any atom is 0.332 e. The summed E-state index contributed by atoms with van der Waals surface area (Å²) < 4.78 is 0. The number of carboxylic acid groups (broad SMARTS) is 1. The van der Waals surface area contributed by atoms with Crippen LogP contribution in [0.5, 0.6) is 0 Å². The van der Waals surface area contributed by atoms with Gasteiger partial charge in [0.25, 0.3) is 0 Å². The van der Waals surface area contributed by atoms with Crippen LogP contribution in [0.4, 0.5) is 0 Å². The van der Waals surface area contributed by atoms with Gasteiger partial charge in [-0.05, 0) is 30.6 Å². The van der Waals surface area contributed by atoms with Crippen molar-refractivity contribution in [3.8, 4) is 0 Å². The summed E-state index contributed by atoms with van der Waals surface area (Å²) in [4.78, 5) is 10.7. The van der Waals surface area contributed by atoms with Crippen LogP contribution >= 0.6 is 0 Å². The standard InChI is InChI=1S/C13H22O4/c1-11(2)8-4-5-12(11,3)13(17,6-8)7-9(14)10(15)16/h8-9,14,17H,4-7H2,1-3H3,(H,15,16). The molecule has 17 heavy (non-hydrogen) atoms. The molecule has 2 aliphatic carbocycles. The molecule has 2 fully saturated rings. The molecule has 0 radical (unpaired) electrons. The van der Waals surface area contributed by atoms with Crippen LogP contribution in [-0.4, -0.2) is 33.0 Å². The van der Waals surface area contributed by atoms with Gasteiger partial charge >= 0.3 is 5.97 Å². The second kappa shape index (κ2) is 3.45. The zero-order chi connectivity index (χ0) is 13.1. The van der Waals surface area contributed by atoms with Crippen molar-refractivity contribution in [2.45, 2.75) is 58.2 Å². The van der Waals surface area contributed by atoms with Gasteiger partial charge in [0.15, 0.2) is 6.10 Å². The zero-order valence-corrected chi connectivity index (χ0v) is 10.7. The molecule has 4 nitrogen and oxygen atoms in total. The van der Waals surface area contributed by atoms with E-state index < -0.39 is 17.7 Å². The number of aliphatic carboxylic acids is 1. The third kappa shape index (κ3) is 1.47. The molecule has 2 aliphatic rings. The summed E-state index contributed by atoms with van der Waals surface area (Å²) in [5.41, 5.74) is -1.32. The van der Waals surface area contributed by atoms with Crippen molar-refractivity contribution in [1.29, 1.82) is 0 Å². The number of hydrogen-bond acceptors (Lipinski definition) is 3. The maximum atomic E-state index is 10.8. The molecule has 98 valence electrons. The van der Waals surface area contributed by atoms with Crippen molar-refractivity contribution in [3.63, 3.8) is 0 Å². The highest BCUT2D eigenvalue weighted by molar-refractivity contribution is 5.72. The quantitative estimate of drug-likeness (QED) is 0.699. The molecule has 2 saturated carbocycles. The second-order valence-corrected chi connectivity index (χ2v) is 6.58. The molecule has 4 atom stereocenters. The zero-order valence-electron chi connectivity index (χ0n) is 10.7. The van der Waals surface area contributed by atoms with E-state index in [9.17, 15) is 15.0 Å². The van der Waals surface area contributed by atoms with Crippen molar-refractivity contribution in [2.75, 3.05) is 0 Å². The third-order valence-electron chi connectivity index (χ3n) is 5.86. The van der Waals surface area contributed by atoms with Crippen LogP contribution in [0, 0.1) is 16.7 Å². The van der Waals surface area contributed by atoms with Crippen molar-refractivity contribution >= 4 is 5.97 Å². The topological polar surface area (TPSA) is 77.8 Å². The first-order chi connectivity index (χ1) is 7.64. The van der Waals surface area contributed by atoms with E-state index in [1.165, 1.54) is 0 Å². The average Bonchev–Trinajstić information content (AvgIpc) is 2.49. The molecule has 4 unspecified atom stereocenters. The van der Waals surface area contributed by atoms with E-state index in [-0.39, 0.29) is 17.3 Å². The number of aliphatic hydroxyl groups excluding tert-OH is 1. The molecule has 0 amide bonds. The van der Waals surface area contributed by atoms with E-state index in [0.29, 0.717) is 12.3 Å². The SMILES string of the molecule is CC1(C)C2CCC1(C)C(O)(CC(O)C(=O)O)C2. The number of aliphatic hydroxyl groups is 2. The van der Waals surface area contributed by atoms with Crippen LogP contribution in [0.1, 0.15) is 46.5 Å². The van der Waals surface area contributed by atoms with Gasteiger partial charge in [-0.1, -0.05) is 20.8 Å². The first-order valence-corrected chi connectivity index (χ1v) is 6.27. The highest BCUT2D eigenvalue weighted by atomic mass is 16.4. The Labute approximate surface area is 102 Å². The summed E-state index contributed by atoms with van der Waals surface area (Å²) >= 11 is 0. The number of fused-ring (bicyclic) bond motifs is 2. The van der Waals surface area contributed by atoms with Crippen molar-refractivity contribution in [3.05, 3.63) is 0 Å². The molecule has 0 aliphatic heterocycles. The van der Waals surface area contributed by atoms with Gasteiger partial charge in [-0.15, -0.1) is 0 Å². The fourth-order valence-corrected chi connectivity index (χ4v) is 4.13. The number of carboxylic acids is 1. The van der Waals surface area contributed by atoms with Crippen molar-refractivity contribution < 1.29 is 20.1 Å². The molecule has 0 aromatic rings. The molecule has 0 spiro atoms. The largest absolute Gasteiger partial charge is 0.479 e. The van der Waals surface area contributed by atoms with E-state index in [0.717, 1.165) is 12.8 Å². The van der Waals surface area contributed by atoms with Crippen LogP contribution in [0.25, 0.3) is 0 Å². The second-order valence-electron chi connectivity index (χ2n) is 6.58. The monoisotopic (exact) mass is 242 g/mol. The Kier molecular flexibility index (Phi) is 2.61. The van der Waals surface area contributed by atoms with Crippen LogP contribution in [0.3, 0.4) is 0 Å². The summed E-state index contributed by atoms with van der Waals surface area (Å²) in [5, 5.41) is 29.1. The van der Waals surface area contributed by atoms with Crippen LogP contribution in [-0.2, 0) is 4.79 Å². The van der Waals surface area contributed by atoms with Gasteiger partial charge in [0.05, 0.1) is 5.60 Å². The van der Waals surface area contributed by atoms with Crippen molar-refractivity contribution in [1.82, 2.24) is 0 Å². The normalized spacial score (nSPS) is 44.9. The molecule has 3 N–H and O–H groups in total. The van der Waals surface area contributed by atoms with Gasteiger partial charge in [0, 0.05) is 11.8 Å². The molecular formula is C13H22O4. The molecular weight excluding hydrogens is 220 g/mol. The number of hydrogen-bond donors (Lipinski definition) is 3. The summed E-state index contributed by atoms with van der Waals surface area (Å²) in [7, 11) is 0. The van der Waals surface area contributed by atoms with Crippen molar-refractivity contribution in [2.24, 2.45) is 16.7 Å². The Balaban J connectivity index is 2.26. The molecule has 0 aromatic heterocycles. The van der Waals surface area contributed by atoms with E-state index in [4.69, 9.17) is 5.11 Å². The smallest absolute Gasteiger partial charge is 0.332 e. The predicted octanol–water partition coefficient (Wildman–Crippen LogP) is 1.40. The Morgan fingerprint density at radius 2 is 2.00 bits per heavy atom. The van der Waals surface area contributed by atoms with E-state index in [1.807, 2.05) is 6.92 Å². The minimum Gasteiger partial charge on any atom is -0.479 e. The van der Waals surface area contributed by atoms with Crippen LogP contribution < -0.4 is 0 Å². The maximum absolute atomic E-state index is 10.8. The summed E-state index contributed by atoms with van der Waals surface area (Å²) in [6, 6.07) is 0. The lowest BCUT2D eigenvalue weighted by atomic mass is 9.63. The highest BCUT2D eigenvalue weighted by Crippen LogP contribution is 2.70. The lowest BCUT2D eigenvalue weighted by molar-refractivity contribution is -0.157. The van der Waals surface area contributed by atoms with Gasteiger partial charge in [0.2, 0.25) is 0 Å². The van der Waals surface area contributed by atoms with E-state index >= 15 is 0 Å². The first-order valence-electron chi connectivity index (χ1n) is 6.27. The molecule has 0 aromatic carbocycles. The Morgan fingerprint density at radius 3 is 2.35 bits per heavy atom. The molecule has 0 saturated heterocycles. The molecule has 2 bridgehead atoms. The summed E-state index contributed by atoms with van der Waals surface area (Å²) in [5.74, 6) is -0.818. The van der Waals surface area contributed by atoms with Crippen LogP contribution in [0.2, 0.25) is 0 Å². The van der Waals surface area contributed by atoms with Gasteiger partial charge in [-0.2, -0.15) is 0 Å². The average molecular weight is 242 g/mol. The third-order valence-corrected chi connectivity index (χ3v) is 5.86. The van der Waals surface area contributed by atoms with Gasteiger partial charge in [0.1, 0.15) is 0 Å². The minimum atomic E-state index is -1.47. The summed E-state index contributed by atoms with van der Waals surface area (Å²) in [6.45, 7) is 6.33.